The summed E-state index contributed by atoms with van der Waals surface area (Å²) in [7, 11) is 1.19. The first kappa shape index (κ1) is 26.4. The lowest BCUT2D eigenvalue weighted by molar-refractivity contribution is -0.384. The summed E-state index contributed by atoms with van der Waals surface area (Å²) in [6.07, 6.45) is -6.09. The van der Waals surface area contributed by atoms with Gasteiger partial charge in [-0.25, -0.2) is 9.59 Å². The van der Waals surface area contributed by atoms with Crippen molar-refractivity contribution in [2.75, 3.05) is 12.4 Å². The molecule has 184 valence electrons. The molecule has 0 fully saturated rings. The summed E-state index contributed by atoms with van der Waals surface area (Å²) in [5, 5.41) is 13.6. The van der Waals surface area contributed by atoms with Crippen molar-refractivity contribution in [3.8, 4) is 0 Å². The summed E-state index contributed by atoms with van der Waals surface area (Å²) in [6, 6.07) is 0.567. The van der Waals surface area contributed by atoms with E-state index < -0.39 is 52.2 Å². The molecule has 0 spiro atoms. The number of Topliss-reactive ketones (excluding diaryl/α,β-unsaturated/α-hetero) is 1. The first-order valence-electron chi connectivity index (χ1n) is 9.83. The molecule has 0 radical (unpaired) electrons. The van der Waals surface area contributed by atoms with Crippen LogP contribution in [0.4, 0.5) is 24.5 Å². The molecule has 0 saturated heterocycles. The van der Waals surface area contributed by atoms with E-state index in [0.717, 1.165) is 6.07 Å². The van der Waals surface area contributed by atoms with E-state index in [1.54, 1.807) is 6.92 Å². The average Bonchev–Trinajstić information content (AvgIpc) is 3.05. The number of rotatable bonds is 8. The molecule has 0 aliphatic rings. The molecule has 0 bridgehead atoms. The third-order valence-electron chi connectivity index (χ3n) is 4.98. The van der Waals surface area contributed by atoms with Gasteiger partial charge in [0.05, 0.1) is 28.9 Å². The fraction of sp³-hybridized carbons (Fsp3) is 0.381. The van der Waals surface area contributed by atoms with Gasteiger partial charge in [0, 0.05) is 11.8 Å². The van der Waals surface area contributed by atoms with Crippen molar-refractivity contribution in [3.05, 3.63) is 56.4 Å². The van der Waals surface area contributed by atoms with Crippen molar-refractivity contribution in [3.63, 3.8) is 0 Å². The molecule has 34 heavy (non-hydrogen) atoms. The van der Waals surface area contributed by atoms with E-state index in [4.69, 9.17) is 4.74 Å². The van der Waals surface area contributed by atoms with Gasteiger partial charge in [0.2, 0.25) is 5.78 Å². The monoisotopic (exact) mass is 485 g/mol. The highest BCUT2D eigenvalue weighted by molar-refractivity contribution is 6.04. The van der Waals surface area contributed by atoms with Crippen LogP contribution < -0.4 is 5.32 Å². The summed E-state index contributed by atoms with van der Waals surface area (Å²) in [6.45, 7) is 5.64. The number of methoxy groups -OCH3 is 1. The van der Waals surface area contributed by atoms with Gasteiger partial charge in [-0.05, 0) is 45.4 Å². The molecule has 2 atom stereocenters. The van der Waals surface area contributed by atoms with Crippen LogP contribution in [0.25, 0.3) is 0 Å². The third-order valence-corrected chi connectivity index (χ3v) is 4.98. The number of ketones is 1. The largest absolute Gasteiger partial charge is 0.465 e. The van der Waals surface area contributed by atoms with E-state index in [-0.39, 0.29) is 16.9 Å². The van der Waals surface area contributed by atoms with Gasteiger partial charge in [0.25, 0.3) is 5.69 Å². The molecular weight excluding hydrogens is 463 g/mol. The zero-order valence-corrected chi connectivity index (χ0v) is 18.8. The summed E-state index contributed by atoms with van der Waals surface area (Å²) in [5.41, 5.74) is -1.53. The van der Waals surface area contributed by atoms with Crippen molar-refractivity contribution in [2.24, 2.45) is 0 Å². The lowest BCUT2D eigenvalue weighted by Crippen LogP contribution is -2.34. The Balaban J connectivity index is 2.17. The van der Waals surface area contributed by atoms with Crippen LogP contribution in [0.15, 0.2) is 18.2 Å². The van der Waals surface area contributed by atoms with Crippen molar-refractivity contribution >= 4 is 29.1 Å². The minimum Gasteiger partial charge on any atom is -0.465 e. The van der Waals surface area contributed by atoms with E-state index in [1.165, 1.54) is 27.9 Å². The van der Waals surface area contributed by atoms with Crippen LogP contribution in [0, 0.1) is 24.0 Å². The highest BCUT2D eigenvalue weighted by Gasteiger charge is 2.34. The molecular formula is C21H22F3N3O7. The van der Waals surface area contributed by atoms with Crippen LogP contribution in [0.3, 0.4) is 0 Å². The summed E-state index contributed by atoms with van der Waals surface area (Å²) in [5.74, 6) is -2.27. The van der Waals surface area contributed by atoms with Crippen molar-refractivity contribution in [1.82, 2.24) is 4.98 Å². The van der Waals surface area contributed by atoms with Gasteiger partial charge < -0.3 is 19.8 Å². The second-order valence-electron chi connectivity index (χ2n) is 7.41. The average molecular weight is 485 g/mol. The molecule has 10 nitrogen and oxygen atoms in total. The zero-order valence-electron chi connectivity index (χ0n) is 18.8. The molecule has 0 saturated carbocycles. The van der Waals surface area contributed by atoms with Gasteiger partial charge in [0.1, 0.15) is 11.7 Å². The maximum Gasteiger partial charge on any atom is 0.416 e. The van der Waals surface area contributed by atoms with Gasteiger partial charge in [-0.3, -0.25) is 14.9 Å². The summed E-state index contributed by atoms with van der Waals surface area (Å²) < 4.78 is 48.4. The molecule has 0 aliphatic carbocycles. The van der Waals surface area contributed by atoms with Gasteiger partial charge in [-0.15, -0.1) is 0 Å². The molecule has 1 aromatic heterocycles. The van der Waals surface area contributed by atoms with Crippen LogP contribution in [-0.2, 0) is 20.4 Å². The molecule has 1 aromatic carbocycles. The lowest BCUT2D eigenvalue weighted by Gasteiger charge is -2.18. The molecule has 2 N–H and O–H groups in total. The fourth-order valence-electron chi connectivity index (χ4n) is 3.21. The Bertz CT molecular complexity index is 1140. The normalized spacial score (nSPS) is 13.1. The van der Waals surface area contributed by atoms with Crippen molar-refractivity contribution < 1.29 is 42.0 Å². The number of carbonyl (C=O) groups excluding carboxylic acids is 3. The van der Waals surface area contributed by atoms with Crippen LogP contribution in [0.5, 0.6) is 0 Å². The Labute approximate surface area is 191 Å². The Hall–Kier alpha value is -3.90. The summed E-state index contributed by atoms with van der Waals surface area (Å²) in [4.78, 5) is 50.0. The number of nitro benzene ring substituents is 1. The van der Waals surface area contributed by atoms with E-state index in [9.17, 15) is 37.7 Å². The molecule has 13 heteroatoms. The van der Waals surface area contributed by atoms with E-state index in [2.05, 4.69) is 15.0 Å². The van der Waals surface area contributed by atoms with Gasteiger partial charge in [-0.1, -0.05) is 0 Å². The zero-order chi connectivity index (χ0) is 26.0. The van der Waals surface area contributed by atoms with Crippen LogP contribution in [-0.4, -0.2) is 46.9 Å². The van der Waals surface area contributed by atoms with Gasteiger partial charge in [0.15, 0.2) is 6.10 Å². The predicted molar refractivity (Wildman–Crippen MR) is 113 cm³/mol. The van der Waals surface area contributed by atoms with E-state index >= 15 is 0 Å². The fourth-order valence-corrected chi connectivity index (χ4v) is 3.21. The number of nitro groups is 1. The number of anilines is 1. The Morgan fingerprint density at radius 2 is 1.79 bits per heavy atom. The third kappa shape index (κ3) is 5.53. The number of hydrogen-bond donors (Lipinski definition) is 2. The maximum absolute atomic E-state index is 12.9. The number of nitrogens with zero attached hydrogens (tertiary/aromatic N) is 1. The number of hydrogen-bond acceptors (Lipinski definition) is 8. The minimum absolute atomic E-state index is 0.0391. The number of benzene rings is 1. The maximum atomic E-state index is 12.9. The van der Waals surface area contributed by atoms with Crippen LogP contribution in [0.1, 0.15) is 51.5 Å². The number of esters is 2. The molecule has 1 heterocycles. The minimum atomic E-state index is -4.79. The Morgan fingerprint density at radius 3 is 2.32 bits per heavy atom. The number of H-pyrrole nitrogens is 1. The number of carbonyl (C=O) groups is 3. The van der Waals surface area contributed by atoms with Gasteiger partial charge in [-0.2, -0.15) is 13.2 Å². The molecule has 0 aliphatic heterocycles. The Kier molecular flexibility index (Phi) is 7.70. The summed E-state index contributed by atoms with van der Waals surface area (Å²) >= 11 is 0. The number of alkyl halides is 3. The Morgan fingerprint density at radius 1 is 1.18 bits per heavy atom. The predicted octanol–water partition coefficient (Wildman–Crippen LogP) is 3.96. The number of nitrogens with one attached hydrogen (secondary N) is 2. The SMILES string of the molecule is COC(=O)c1c(C)[nH]c(C(=O)[C@H](C)OC(=O)[C@H](C)Nc2ccc(C(F)(F)F)cc2[N+](=O)[O-])c1C. The standard InChI is InChI=1S/C21H22F3N3O7/c1-9-16(20(30)33-5)10(2)26-17(9)18(28)12(4)34-19(29)11(3)25-14-7-6-13(21(22,23)24)8-15(14)27(31)32/h6-8,11-12,25-26H,1-5H3/t11-,12-/m0/s1. The first-order valence-corrected chi connectivity index (χ1v) is 9.83. The molecule has 0 amide bonds. The number of aryl methyl sites for hydroxylation is 1. The van der Waals surface area contributed by atoms with E-state index in [0.29, 0.717) is 23.4 Å². The number of ether oxygens (including phenoxy) is 2. The van der Waals surface area contributed by atoms with E-state index in [1.807, 2.05) is 0 Å². The molecule has 0 unspecified atom stereocenters. The molecule has 2 aromatic rings. The quantitative estimate of drug-likeness (QED) is 0.248. The first-order chi connectivity index (χ1) is 15.7. The van der Waals surface area contributed by atoms with Crippen molar-refractivity contribution in [2.45, 2.75) is 46.0 Å². The second kappa shape index (κ2) is 9.93. The highest BCUT2D eigenvalue weighted by Crippen LogP contribution is 2.35. The van der Waals surface area contributed by atoms with Gasteiger partial charge >= 0.3 is 18.1 Å². The smallest absolute Gasteiger partial charge is 0.416 e. The van der Waals surface area contributed by atoms with Crippen molar-refractivity contribution in [1.29, 1.82) is 0 Å². The second-order valence-corrected chi connectivity index (χ2v) is 7.41. The number of aromatic amines is 1. The van der Waals surface area contributed by atoms with Crippen LogP contribution >= 0.6 is 0 Å². The topological polar surface area (TPSA) is 141 Å². The highest BCUT2D eigenvalue weighted by atomic mass is 19.4. The molecule has 2 rings (SSSR count). The number of halogens is 3. The number of aromatic nitrogens is 1. The van der Waals surface area contributed by atoms with Crippen LogP contribution in [0.2, 0.25) is 0 Å². The lowest BCUT2D eigenvalue weighted by atomic mass is 10.1.